The molecule has 0 radical (unpaired) electrons. The standard InChI is InChI=1S/C66H115N2O7P/c1-7-10-13-16-19-22-25-28-30-31-32-33-34-35-36-37-38-40-43-46-49-52-55-58-65(69)67-63(62-74-76(71,72)73-61-60-68(4,5)6)64(57-54-51-48-45-42-39-27-24-21-18-15-12-9-3)75-66(70)59-56-53-50-47-44-41-29-26-23-20-17-14-11-8-2/h10-11,13-14,19-20,22-23,28,30,32-33,35-36,38,40,54,57,63-64H,7-9,12,15-18,21,24-27,29,31,34,37,39,41-53,55-56,58-62H2,1-6H3,(H-,67,69,71,72)/b13-10-,14-11+,22-19-,23-20+,30-28-,33-32-,36-35-,40-38-,57-54-. The second-order valence-corrected chi connectivity index (χ2v) is 22.9. The number of ether oxygens (including phenoxy) is 1. The number of carbonyl (C=O) groups excluding carboxylic acids is 2. The molecule has 0 bridgehead atoms. The Labute approximate surface area is 468 Å². The largest absolute Gasteiger partial charge is 0.756 e. The van der Waals surface area contributed by atoms with Gasteiger partial charge in [0.25, 0.3) is 7.82 Å². The van der Waals surface area contributed by atoms with Crippen molar-refractivity contribution in [1.82, 2.24) is 5.32 Å². The Morgan fingerprint density at radius 2 is 0.842 bits per heavy atom. The summed E-state index contributed by atoms with van der Waals surface area (Å²) in [5, 5.41) is 3.01. The van der Waals surface area contributed by atoms with Gasteiger partial charge in [-0.15, -0.1) is 0 Å². The number of nitrogens with zero attached hydrogens (tertiary/aromatic N) is 1. The molecule has 76 heavy (non-hydrogen) atoms. The van der Waals surface area contributed by atoms with E-state index in [0.29, 0.717) is 23.9 Å². The number of phosphoric ester groups is 1. The van der Waals surface area contributed by atoms with Crippen molar-refractivity contribution in [2.24, 2.45) is 0 Å². The molecule has 0 spiro atoms. The molecule has 9 nitrogen and oxygen atoms in total. The Morgan fingerprint density at radius 3 is 1.26 bits per heavy atom. The smallest absolute Gasteiger partial charge is 0.306 e. The van der Waals surface area contributed by atoms with E-state index in [9.17, 15) is 19.0 Å². The number of unbranched alkanes of at least 4 members (excludes halogenated alkanes) is 22. The molecule has 0 aromatic carbocycles. The van der Waals surface area contributed by atoms with Crippen LogP contribution >= 0.6 is 7.82 Å². The molecule has 0 aromatic heterocycles. The fraction of sp³-hybridized carbons (Fsp3) is 0.697. The minimum Gasteiger partial charge on any atom is -0.756 e. The lowest BCUT2D eigenvalue weighted by Gasteiger charge is -2.30. The van der Waals surface area contributed by atoms with Crippen LogP contribution in [0.2, 0.25) is 0 Å². The van der Waals surface area contributed by atoms with Crippen LogP contribution in [0.15, 0.2) is 109 Å². The van der Waals surface area contributed by atoms with Crippen molar-refractivity contribution in [3.63, 3.8) is 0 Å². The number of amides is 1. The number of quaternary nitrogens is 1. The molecule has 0 saturated carbocycles. The molecule has 3 unspecified atom stereocenters. The van der Waals surface area contributed by atoms with Crippen LogP contribution in [0.4, 0.5) is 0 Å². The highest BCUT2D eigenvalue weighted by molar-refractivity contribution is 7.45. The number of carbonyl (C=O) groups is 2. The Hall–Kier alpha value is -3.33. The molecule has 10 heteroatoms. The SMILES string of the molecule is CC/C=C\C/C=C\C/C=C\C/C=C\C/C=C\C/C=C\CCCCCCC(=O)NC(COP(=O)([O-])OCC[N+](C)(C)C)C(/C=C\CCCCCCCCCCCCC)OC(=O)CCCCCCCCC/C=C/C/C=C/CC. The zero-order chi connectivity index (χ0) is 55.7. The number of hydrogen-bond acceptors (Lipinski definition) is 7. The molecular formula is C66H115N2O7P. The molecule has 436 valence electrons. The van der Waals surface area contributed by atoms with Crippen LogP contribution in [0.3, 0.4) is 0 Å². The first-order chi connectivity index (χ1) is 36.9. The summed E-state index contributed by atoms with van der Waals surface area (Å²) in [7, 11) is 1.15. The van der Waals surface area contributed by atoms with E-state index in [0.717, 1.165) is 122 Å². The van der Waals surface area contributed by atoms with E-state index in [1.54, 1.807) is 0 Å². The predicted molar refractivity (Wildman–Crippen MR) is 325 cm³/mol. The molecule has 0 aromatic rings. The highest BCUT2D eigenvalue weighted by atomic mass is 31.2. The molecule has 0 fully saturated rings. The van der Waals surface area contributed by atoms with Crippen LogP contribution in [-0.4, -0.2) is 69.4 Å². The first-order valence-corrected chi connectivity index (χ1v) is 32.2. The third-order valence-electron chi connectivity index (χ3n) is 12.9. The number of rotatable bonds is 54. The van der Waals surface area contributed by atoms with Gasteiger partial charge in [-0.1, -0.05) is 233 Å². The van der Waals surface area contributed by atoms with Gasteiger partial charge in [0.05, 0.1) is 33.8 Å². The van der Waals surface area contributed by atoms with Crippen LogP contribution < -0.4 is 10.2 Å². The van der Waals surface area contributed by atoms with Crippen molar-refractivity contribution < 1.29 is 37.3 Å². The monoisotopic (exact) mass is 1080 g/mol. The maximum Gasteiger partial charge on any atom is 0.306 e. The molecule has 1 amide bonds. The van der Waals surface area contributed by atoms with Gasteiger partial charge in [-0.05, 0) is 109 Å². The second kappa shape index (κ2) is 55.0. The lowest BCUT2D eigenvalue weighted by atomic mass is 10.0. The van der Waals surface area contributed by atoms with E-state index in [-0.39, 0.29) is 31.3 Å². The van der Waals surface area contributed by atoms with Crippen molar-refractivity contribution in [3.8, 4) is 0 Å². The van der Waals surface area contributed by atoms with E-state index in [4.69, 9.17) is 13.8 Å². The minimum absolute atomic E-state index is 0.0345. The normalized spacial score (nSPS) is 14.5. The Bertz CT molecular complexity index is 1670. The van der Waals surface area contributed by atoms with Gasteiger partial charge in [-0.3, -0.25) is 14.2 Å². The molecule has 0 rings (SSSR count). The topological polar surface area (TPSA) is 114 Å². The van der Waals surface area contributed by atoms with Crippen LogP contribution in [-0.2, 0) is 27.9 Å². The average Bonchev–Trinajstić information content (AvgIpc) is 3.38. The first kappa shape index (κ1) is 72.7. The number of phosphoric acid groups is 1. The van der Waals surface area contributed by atoms with E-state index < -0.39 is 26.6 Å². The summed E-state index contributed by atoms with van der Waals surface area (Å²) in [5.74, 6) is -0.585. The van der Waals surface area contributed by atoms with Gasteiger partial charge < -0.3 is 28.5 Å². The van der Waals surface area contributed by atoms with E-state index >= 15 is 0 Å². The molecular weight excluding hydrogens is 964 g/mol. The summed E-state index contributed by atoms with van der Waals surface area (Å²) in [6, 6.07) is -0.912. The first-order valence-electron chi connectivity index (χ1n) is 30.7. The maximum atomic E-state index is 13.5. The van der Waals surface area contributed by atoms with Gasteiger partial charge in [-0.25, -0.2) is 0 Å². The van der Waals surface area contributed by atoms with Crippen molar-refractivity contribution >= 4 is 19.7 Å². The number of hydrogen-bond donors (Lipinski definition) is 1. The van der Waals surface area contributed by atoms with Gasteiger partial charge in [-0.2, -0.15) is 0 Å². The summed E-state index contributed by atoms with van der Waals surface area (Å²) in [6.07, 6.45) is 74.8. The highest BCUT2D eigenvalue weighted by Crippen LogP contribution is 2.38. The second-order valence-electron chi connectivity index (χ2n) is 21.4. The number of esters is 1. The van der Waals surface area contributed by atoms with Crippen molar-refractivity contribution in [2.45, 2.75) is 258 Å². The number of likely N-dealkylation sites (N-methyl/N-ethyl adjacent to an activating group) is 1. The third-order valence-corrected chi connectivity index (χ3v) is 13.9. The summed E-state index contributed by atoms with van der Waals surface area (Å²) >= 11 is 0. The van der Waals surface area contributed by atoms with Crippen molar-refractivity contribution in [2.75, 3.05) is 40.9 Å². The summed E-state index contributed by atoms with van der Waals surface area (Å²) in [6.45, 7) is 6.59. The van der Waals surface area contributed by atoms with Crippen LogP contribution in [0.25, 0.3) is 0 Å². The highest BCUT2D eigenvalue weighted by Gasteiger charge is 2.27. The van der Waals surface area contributed by atoms with Gasteiger partial charge in [0.1, 0.15) is 19.3 Å². The van der Waals surface area contributed by atoms with Crippen LogP contribution in [0.1, 0.15) is 245 Å². The van der Waals surface area contributed by atoms with E-state index in [1.165, 1.54) is 77.0 Å². The lowest BCUT2D eigenvalue weighted by Crippen LogP contribution is -2.47. The van der Waals surface area contributed by atoms with Gasteiger partial charge in [0.15, 0.2) is 0 Å². The lowest BCUT2D eigenvalue weighted by molar-refractivity contribution is -0.870. The quantitative estimate of drug-likeness (QED) is 0.0212. The average molecular weight is 1080 g/mol. The fourth-order valence-electron chi connectivity index (χ4n) is 8.27. The molecule has 3 atom stereocenters. The van der Waals surface area contributed by atoms with Gasteiger partial charge in [0.2, 0.25) is 5.91 Å². The number of allylic oxidation sites excluding steroid dienone is 17. The van der Waals surface area contributed by atoms with Gasteiger partial charge >= 0.3 is 5.97 Å². The van der Waals surface area contributed by atoms with E-state index in [1.807, 2.05) is 33.3 Å². The third kappa shape index (κ3) is 55.4. The number of nitrogens with one attached hydrogen (secondary N) is 1. The fourth-order valence-corrected chi connectivity index (χ4v) is 8.99. The predicted octanol–water partition coefficient (Wildman–Crippen LogP) is 18.3. The Morgan fingerprint density at radius 1 is 0.474 bits per heavy atom. The zero-order valence-corrected chi connectivity index (χ0v) is 50.6. The Balaban J connectivity index is 5.33. The summed E-state index contributed by atoms with van der Waals surface area (Å²) in [4.78, 5) is 40.0. The maximum absolute atomic E-state index is 13.5. The molecule has 0 heterocycles. The van der Waals surface area contributed by atoms with Crippen LogP contribution in [0, 0.1) is 0 Å². The summed E-state index contributed by atoms with van der Waals surface area (Å²) < 4.78 is 30.3. The molecule has 0 aliphatic rings. The zero-order valence-electron chi connectivity index (χ0n) is 49.7. The Kier molecular flexibility index (Phi) is 52.6. The van der Waals surface area contributed by atoms with Crippen molar-refractivity contribution in [3.05, 3.63) is 109 Å². The van der Waals surface area contributed by atoms with E-state index in [2.05, 4.69) is 123 Å². The van der Waals surface area contributed by atoms with Crippen LogP contribution in [0.5, 0.6) is 0 Å². The molecule has 1 N–H and O–H groups in total. The van der Waals surface area contributed by atoms with Crippen molar-refractivity contribution in [1.29, 1.82) is 0 Å². The minimum atomic E-state index is -4.71. The molecule has 0 saturated heterocycles. The molecule has 0 aliphatic carbocycles. The van der Waals surface area contributed by atoms with Gasteiger partial charge in [0, 0.05) is 12.8 Å². The summed E-state index contributed by atoms with van der Waals surface area (Å²) in [5.41, 5.74) is 0. The molecule has 0 aliphatic heterocycles.